The third-order valence-corrected chi connectivity index (χ3v) is 5.06. The normalized spacial score (nSPS) is 14.1. The number of ether oxygens (including phenoxy) is 5. The highest BCUT2D eigenvalue weighted by molar-refractivity contribution is 8.00. The maximum Gasteiger partial charge on any atom is 0.315 e. The van der Waals surface area contributed by atoms with Crippen LogP contribution in [0.5, 0.6) is 11.5 Å². The van der Waals surface area contributed by atoms with Gasteiger partial charge in [0.2, 0.25) is 0 Å². The van der Waals surface area contributed by atoms with Crippen molar-refractivity contribution in [2.75, 3.05) is 33.2 Å². The fourth-order valence-electron chi connectivity index (χ4n) is 2.61. The number of esters is 1. The van der Waals surface area contributed by atoms with Gasteiger partial charge in [0.1, 0.15) is 18.1 Å². The van der Waals surface area contributed by atoms with E-state index in [1.54, 1.807) is 7.11 Å². The van der Waals surface area contributed by atoms with Crippen molar-refractivity contribution in [3.05, 3.63) is 53.6 Å². The highest BCUT2D eigenvalue weighted by Gasteiger charge is 2.26. The molecule has 1 fully saturated rings. The highest BCUT2D eigenvalue weighted by atomic mass is 32.2. The zero-order valence-corrected chi connectivity index (χ0v) is 16.1. The average Bonchev–Trinajstić information content (AvgIpc) is 3.25. The maximum absolute atomic E-state index is 11.5. The summed E-state index contributed by atoms with van der Waals surface area (Å²) in [4.78, 5) is 12.4. The summed E-state index contributed by atoms with van der Waals surface area (Å²) in [6.45, 7) is 1.45. The Kier molecular flexibility index (Phi) is 6.98. The molecule has 2 aromatic rings. The highest BCUT2D eigenvalue weighted by Crippen LogP contribution is 2.39. The van der Waals surface area contributed by atoms with Gasteiger partial charge in [-0.3, -0.25) is 4.79 Å². The Morgan fingerprint density at radius 1 is 1.11 bits per heavy atom. The van der Waals surface area contributed by atoms with Crippen LogP contribution < -0.4 is 9.47 Å². The Hall–Kier alpha value is -2.22. The molecule has 0 unspecified atom stereocenters. The van der Waals surface area contributed by atoms with E-state index in [2.05, 4.69) is 0 Å². The van der Waals surface area contributed by atoms with Crippen molar-refractivity contribution in [1.29, 1.82) is 0 Å². The van der Waals surface area contributed by atoms with Crippen LogP contribution in [0.1, 0.15) is 17.4 Å². The molecule has 0 atom stereocenters. The van der Waals surface area contributed by atoms with Crippen molar-refractivity contribution in [1.82, 2.24) is 0 Å². The lowest BCUT2D eigenvalue weighted by Crippen LogP contribution is -2.08. The van der Waals surface area contributed by atoms with Crippen LogP contribution in [0.4, 0.5) is 0 Å². The quantitative estimate of drug-likeness (QED) is 0.504. The third-order valence-electron chi connectivity index (χ3n) is 4.01. The lowest BCUT2D eigenvalue weighted by atomic mass is 10.2. The van der Waals surface area contributed by atoms with E-state index in [-0.39, 0.29) is 11.7 Å². The Morgan fingerprint density at radius 2 is 1.85 bits per heavy atom. The van der Waals surface area contributed by atoms with Gasteiger partial charge in [0.15, 0.2) is 6.29 Å². The van der Waals surface area contributed by atoms with Gasteiger partial charge < -0.3 is 23.7 Å². The van der Waals surface area contributed by atoms with Crippen LogP contribution in [0.2, 0.25) is 0 Å². The van der Waals surface area contributed by atoms with E-state index >= 15 is 0 Å². The second kappa shape index (κ2) is 9.64. The van der Waals surface area contributed by atoms with Gasteiger partial charge in [0.05, 0.1) is 38.7 Å². The van der Waals surface area contributed by atoms with Crippen LogP contribution in [0.15, 0.2) is 47.4 Å². The topological polar surface area (TPSA) is 63.2 Å². The molecule has 0 N–H and O–H groups in total. The molecule has 0 saturated carbocycles. The first-order valence-electron chi connectivity index (χ1n) is 8.52. The van der Waals surface area contributed by atoms with Gasteiger partial charge in [0.25, 0.3) is 0 Å². The van der Waals surface area contributed by atoms with Crippen molar-refractivity contribution in [3.8, 4) is 11.5 Å². The van der Waals surface area contributed by atoms with Gasteiger partial charge >= 0.3 is 5.97 Å². The summed E-state index contributed by atoms with van der Waals surface area (Å²) in [5, 5.41) is 0. The van der Waals surface area contributed by atoms with Crippen molar-refractivity contribution < 1.29 is 28.5 Å². The number of carbonyl (C=O) groups is 1. The van der Waals surface area contributed by atoms with Crippen LogP contribution in [-0.2, 0) is 25.6 Å². The molecule has 1 aliphatic heterocycles. The zero-order chi connectivity index (χ0) is 19.1. The van der Waals surface area contributed by atoms with Gasteiger partial charge in [-0.05, 0) is 29.8 Å². The molecule has 27 heavy (non-hydrogen) atoms. The minimum absolute atomic E-state index is 0.207. The average molecular weight is 390 g/mol. The van der Waals surface area contributed by atoms with Crippen LogP contribution >= 0.6 is 11.8 Å². The number of rotatable bonds is 8. The van der Waals surface area contributed by atoms with E-state index < -0.39 is 6.29 Å². The summed E-state index contributed by atoms with van der Waals surface area (Å²) in [7, 11) is 3.01. The molecule has 0 radical (unpaired) electrons. The first-order valence-corrected chi connectivity index (χ1v) is 9.51. The van der Waals surface area contributed by atoms with Crippen LogP contribution in [0.25, 0.3) is 0 Å². The number of thioether (sulfide) groups is 1. The molecule has 1 heterocycles. The number of benzene rings is 2. The van der Waals surface area contributed by atoms with E-state index in [4.69, 9.17) is 23.7 Å². The molecule has 0 aromatic heterocycles. The van der Waals surface area contributed by atoms with Crippen LogP contribution in [0.3, 0.4) is 0 Å². The van der Waals surface area contributed by atoms with Gasteiger partial charge in [-0.1, -0.05) is 18.2 Å². The van der Waals surface area contributed by atoms with E-state index in [0.717, 1.165) is 21.8 Å². The fourth-order valence-corrected chi connectivity index (χ4v) is 3.53. The van der Waals surface area contributed by atoms with Gasteiger partial charge in [-0.15, -0.1) is 11.8 Å². The van der Waals surface area contributed by atoms with Gasteiger partial charge in [0, 0.05) is 4.90 Å². The molecule has 0 spiro atoms. The molecular weight excluding hydrogens is 368 g/mol. The second-order valence-electron chi connectivity index (χ2n) is 5.74. The van der Waals surface area contributed by atoms with E-state index in [1.807, 2.05) is 42.5 Å². The summed E-state index contributed by atoms with van der Waals surface area (Å²) in [6, 6.07) is 13.4. The summed E-state index contributed by atoms with van der Waals surface area (Å²) in [5.41, 5.74) is 1.82. The maximum atomic E-state index is 11.5. The molecule has 1 aliphatic rings. The number of hydrogen-bond acceptors (Lipinski definition) is 7. The lowest BCUT2D eigenvalue weighted by Gasteiger charge is -2.19. The van der Waals surface area contributed by atoms with Crippen molar-refractivity contribution in [2.24, 2.45) is 0 Å². The molecule has 144 valence electrons. The minimum atomic E-state index is -0.503. The van der Waals surface area contributed by atoms with Crippen LogP contribution in [-0.4, -0.2) is 39.2 Å². The summed E-state index contributed by atoms with van der Waals surface area (Å²) in [6.07, 6.45) is -0.503. The Bertz CT molecular complexity index is 756. The molecule has 1 saturated heterocycles. The second-order valence-corrected chi connectivity index (χ2v) is 6.76. The Morgan fingerprint density at radius 3 is 2.52 bits per heavy atom. The monoisotopic (exact) mass is 390 g/mol. The summed E-state index contributed by atoms with van der Waals surface area (Å²) >= 11 is 1.38. The van der Waals surface area contributed by atoms with Crippen molar-refractivity contribution in [3.63, 3.8) is 0 Å². The first kappa shape index (κ1) is 19.5. The Labute approximate surface area is 162 Å². The van der Waals surface area contributed by atoms with Crippen molar-refractivity contribution in [2.45, 2.75) is 17.8 Å². The molecule has 0 amide bonds. The van der Waals surface area contributed by atoms with Crippen LogP contribution in [0, 0.1) is 0 Å². The molecule has 2 aromatic carbocycles. The number of carbonyl (C=O) groups excluding carboxylic acids is 1. The van der Waals surface area contributed by atoms with E-state index in [0.29, 0.717) is 25.6 Å². The minimum Gasteiger partial charge on any atom is -0.497 e. The summed E-state index contributed by atoms with van der Waals surface area (Å²) < 4.78 is 27.3. The van der Waals surface area contributed by atoms with E-state index in [1.165, 1.54) is 18.9 Å². The molecular formula is C20H22O6S. The first-order chi connectivity index (χ1) is 13.2. The Balaban J connectivity index is 1.78. The van der Waals surface area contributed by atoms with E-state index in [9.17, 15) is 4.79 Å². The van der Waals surface area contributed by atoms with Gasteiger partial charge in [-0.25, -0.2) is 0 Å². The molecule has 6 nitrogen and oxygen atoms in total. The zero-order valence-electron chi connectivity index (χ0n) is 15.3. The van der Waals surface area contributed by atoms with Gasteiger partial charge in [-0.2, -0.15) is 0 Å². The standard InChI is InChI=1S/C20H22O6S/c1-22-15-8-6-14(7-9-15)12-26-16-4-3-5-17(27-13-18(21)23-2)19(16)20-24-10-11-25-20/h3-9,20H,10-13H2,1-2H3. The molecule has 3 rings (SSSR count). The molecule has 0 bridgehead atoms. The predicted octanol–water partition coefficient (Wildman–Crippen LogP) is 3.58. The fraction of sp³-hybridized carbons (Fsp3) is 0.350. The number of methoxy groups -OCH3 is 2. The SMILES string of the molecule is COC(=O)CSc1cccc(OCc2ccc(OC)cc2)c1C1OCCO1. The van der Waals surface area contributed by atoms with Crippen molar-refractivity contribution >= 4 is 17.7 Å². The summed E-state index contributed by atoms with van der Waals surface area (Å²) in [5.74, 6) is 1.39. The predicted molar refractivity (Wildman–Crippen MR) is 101 cm³/mol. The molecule has 0 aliphatic carbocycles. The lowest BCUT2D eigenvalue weighted by molar-refractivity contribution is -0.137. The smallest absolute Gasteiger partial charge is 0.315 e. The third kappa shape index (κ3) is 5.15. The largest absolute Gasteiger partial charge is 0.497 e. The number of hydrogen-bond donors (Lipinski definition) is 0. The molecule has 7 heteroatoms.